The van der Waals surface area contributed by atoms with Gasteiger partial charge in [0, 0.05) is 11.4 Å². The number of ether oxygens (including phenoxy) is 2. The Balaban J connectivity index is 0.00000288. The van der Waals surface area contributed by atoms with Gasteiger partial charge in [-0.15, -0.1) is 36.2 Å². The van der Waals surface area contributed by atoms with Gasteiger partial charge in [0.25, 0.3) is 0 Å². The molecule has 142 valence electrons. The number of thiophene rings is 1. The van der Waals surface area contributed by atoms with Crippen LogP contribution < -0.4 is 14.8 Å². The van der Waals surface area contributed by atoms with Crippen LogP contribution in [-0.2, 0) is 13.2 Å². The third-order valence-electron chi connectivity index (χ3n) is 3.47. The predicted molar refractivity (Wildman–Crippen MR) is 111 cm³/mol. The SMILES string of the molecule is COc1cc(CNCCCN(C)C)ccc1OCc1cccs1.Cl.Cl. The van der Waals surface area contributed by atoms with Crippen molar-refractivity contribution in [2.24, 2.45) is 0 Å². The molecular weight excluding hydrogens is 379 g/mol. The maximum Gasteiger partial charge on any atom is 0.161 e. The third kappa shape index (κ3) is 8.79. The number of benzene rings is 1. The Morgan fingerprint density at radius 2 is 1.92 bits per heavy atom. The van der Waals surface area contributed by atoms with E-state index in [0.717, 1.165) is 37.6 Å². The molecule has 0 saturated carbocycles. The smallest absolute Gasteiger partial charge is 0.161 e. The van der Waals surface area contributed by atoms with Crippen molar-refractivity contribution in [2.75, 3.05) is 34.3 Å². The molecule has 1 aromatic heterocycles. The Bertz CT molecular complexity index is 580. The van der Waals surface area contributed by atoms with Crippen LogP contribution >= 0.6 is 36.2 Å². The zero-order chi connectivity index (χ0) is 16.5. The van der Waals surface area contributed by atoms with Crippen LogP contribution in [0.2, 0.25) is 0 Å². The normalized spacial score (nSPS) is 10.1. The summed E-state index contributed by atoms with van der Waals surface area (Å²) in [6.45, 7) is 3.54. The quantitative estimate of drug-likeness (QED) is 0.598. The largest absolute Gasteiger partial charge is 0.493 e. The van der Waals surface area contributed by atoms with Gasteiger partial charge in [-0.1, -0.05) is 12.1 Å². The molecule has 1 aromatic carbocycles. The van der Waals surface area contributed by atoms with Crippen LogP contribution in [0.4, 0.5) is 0 Å². The third-order valence-corrected chi connectivity index (χ3v) is 4.32. The highest BCUT2D eigenvalue weighted by Gasteiger charge is 2.06. The molecule has 4 nitrogen and oxygen atoms in total. The Morgan fingerprint density at radius 1 is 1.12 bits per heavy atom. The standard InChI is InChI=1S/C18H26N2O2S.2ClH/c1-20(2)10-5-9-19-13-15-7-8-17(18(12-15)21-3)22-14-16-6-4-11-23-16;;/h4,6-8,11-12,19H,5,9-10,13-14H2,1-3H3;2*1H. The van der Waals surface area contributed by atoms with Crippen LogP contribution in [0.15, 0.2) is 35.7 Å². The van der Waals surface area contributed by atoms with E-state index in [1.165, 1.54) is 10.4 Å². The van der Waals surface area contributed by atoms with Crippen molar-refractivity contribution in [3.05, 3.63) is 46.2 Å². The van der Waals surface area contributed by atoms with Gasteiger partial charge in [0.15, 0.2) is 11.5 Å². The van der Waals surface area contributed by atoms with E-state index in [-0.39, 0.29) is 24.8 Å². The molecule has 0 atom stereocenters. The molecule has 0 fully saturated rings. The van der Waals surface area contributed by atoms with Crippen molar-refractivity contribution in [3.8, 4) is 11.5 Å². The number of hydrogen-bond donors (Lipinski definition) is 1. The average Bonchev–Trinajstić information content (AvgIpc) is 3.06. The highest BCUT2D eigenvalue weighted by molar-refractivity contribution is 7.09. The fourth-order valence-corrected chi connectivity index (χ4v) is 2.85. The first-order valence-corrected chi connectivity index (χ1v) is 8.74. The molecular formula is C18H28Cl2N2O2S. The van der Waals surface area contributed by atoms with Gasteiger partial charge >= 0.3 is 0 Å². The summed E-state index contributed by atoms with van der Waals surface area (Å²) >= 11 is 1.70. The van der Waals surface area contributed by atoms with E-state index < -0.39 is 0 Å². The van der Waals surface area contributed by atoms with Gasteiger partial charge in [-0.25, -0.2) is 0 Å². The highest BCUT2D eigenvalue weighted by Crippen LogP contribution is 2.29. The number of methoxy groups -OCH3 is 1. The summed E-state index contributed by atoms with van der Waals surface area (Å²) in [6, 6.07) is 10.2. The van der Waals surface area contributed by atoms with Crippen molar-refractivity contribution in [3.63, 3.8) is 0 Å². The van der Waals surface area contributed by atoms with Crippen LogP contribution in [0.3, 0.4) is 0 Å². The molecule has 2 aromatic rings. The highest BCUT2D eigenvalue weighted by atomic mass is 35.5. The van der Waals surface area contributed by atoms with E-state index in [1.807, 2.05) is 18.2 Å². The fourth-order valence-electron chi connectivity index (χ4n) is 2.24. The lowest BCUT2D eigenvalue weighted by Gasteiger charge is -2.13. The molecule has 0 saturated heterocycles. The lowest BCUT2D eigenvalue weighted by Crippen LogP contribution is -2.21. The van der Waals surface area contributed by atoms with Crippen LogP contribution in [0.5, 0.6) is 11.5 Å². The zero-order valence-electron chi connectivity index (χ0n) is 15.0. The van der Waals surface area contributed by atoms with Crippen molar-refractivity contribution in [2.45, 2.75) is 19.6 Å². The van der Waals surface area contributed by atoms with Gasteiger partial charge in [0.2, 0.25) is 0 Å². The predicted octanol–water partition coefficient (Wildman–Crippen LogP) is 4.22. The summed E-state index contributed by atoms with van der Waals surface area (Å²) in [5.74, 6) is 1.58. The van der Waals surface area contributed by atoms with Crippen molar-refractivity contribution in [1.29, 1.82) is 0 Å². The molecule has 0 radical (unpaired) electrons. The Kier molecular flexibility index (Phi) is 12.7. The molecule has 1 heterocycles. The topological polar surface area (TPSA) is 33.7 Å². The molecule has 7 heteroatoms. The van der Waals surface area contributed by atoms with E-state index in [0.29, 0.717) is 6.61 Å². The second kappa shape index (κ2) is 13.3. The molecule has 1 N–H and O–H groups in total. The molecule has 25 heavy (non-hydrogen) atoms. The summed E-state index contributed by atoms with van der Waals surface area (Å²) in [4.78, 5) is 3.41. The minimum Gasteiger partial charge on any atom is -0.493 e. The van der Waals surface area contributed by atoms with E-state index >= 15 is 0 Å². The van der Waals surface area contributed by atoms with Crippen molar-refractivity contribution < 1.29 is 9.47 Å². The van der Waals surface area contributed by atoms with Gasteiger partial charge in [0.05, 0.1) is 7.11 Å². The van der Waals surface area contributed by atoms with Crippen LogP contribution in [0, 0.1) is 0 Å². The number of nitrogens with zero attached hydrogens (tertiary/aromatic N) is 1. The summed E-state index contributed by atoms with van der Waals surface area (Å²) in [7, 11) is 5.88. The van der Waals surface area contributed by atoms with Crippen molar-refractivity contribution in [1.82, 2.24) is 10.2 Å². The fraction of sp³-hybridized carbons (Fsp3) is 0.444. The first kappa shape index (κ1) is 24.0. The molecule has 0 unspecified atom stereocenters. The number of nitrogens with one attached hydrogen (secondary N) is 1. The maximum absolute atomic E-state index is 5.86. The molecule has 0 amide bonds. The summed E-state index contributed by atoms with van der Waals surface area (Å²) in [5.41, 5.74) is 1.20. The van der Waals surface area contributed by atoms with E-state index in [1.54, 1.807) is 18.4 Å². The van der Waals surface area contributed by atoms with Gasteiger partial charge in [-0.05, 0) is 62.7 Å². The first-order chi connectivity index (χ1) is 11.2. The Hall–Kier alpha value is -0.980. The maximum atomic E-state index is 5.86. The average molecular weight is 407 g/mol. The Labute approximate surface area is 167 Å². The zero-order valence-corrected chi connectivity index (χ0v) is 17.4. The van der Waals surface area contributed by atoms with E-state index in [4.69, 9.17) is 9.47 Å². The summed E-state index contributed by atoms with van der Waals surface area (Å²) < 4.78 is 11.3. The molecule has 0 spiro atoms. The van der Waals surface area contributed by atoms with E-state index in [2.05, 4.69) is 41.8 Å². The molecule has 0 bridgehead atoms. The van der Waals surface area contributed by atoms with Gasteiger partial charge in [-0.3, -0.25) is 0 Å². The minimum absolute atomic E-state index is 0. The molecule has 0 aliphatic rings. The summed E-state index contributed by atoms with van der Waals surface area (Å²) in [6.07, 6.45) is 1.14. The number of rotatable bonds is 10. The number of hydrogen-bond acceptors (Lipinski definition) is 5. The van der Waals surface area contributed by atoms with Gasteiger partial charge < -0.3 is 19.7 Å². The lowest BCUT2D eigenvalue weighted by molar-refractivity contribution is 0.287. The van der Waals surface area contributed by atoms with Gasteiger partial charge in [0.1, 0.15) is 6.61 Å². The summed E-state index contributed by atoms with van der Waals surface area (Å²) in [5, 5.41) is 5.52. The Morgan fingerprint density at radius 3 is 2.56 bits per heavy atom. The van der Waals surface area contributed by atoms with Gasteiger partial charge in [-0.2, -0.15) is 0 Å². The molecule has 2 rings (SSSR count). The second-order valence-corrected chi connectivity index (χ2v) is 6.72. The molecule has 0 aliphatic carbocycles. The number of halogens is 2. The van der Waals surface area contributed by atoms with Crippen LogP contribution in [-0.4, -0.2) is 39.2 Å². The van der Waals surface area contributed by atoms with Crippen molar-refractivity contribution >= 4 is 36.2 Å². The monoisotopic (exact) mass is 406 g/mol. The van der Waals surface area contributed by atoms with E-state index in [9.17, 15) is 0 Å². The minimum atomic E-state index is 0. The van der Waals surface area contributed by atoms with Crippen LogP contribution in [0.25, 0.3) is 0 Å². The second-order valence-electron chi connectivity index (χ2n) is 5.69. The molecule has 0 aliphatic heterocycles. The van der Waals surface area contributed by atoms with Crippen LogP contribution in [0.1, 0.15) is 16.9 Å². The lowest BCUT2D eigenvalue weighted by atomic mass is 10.2. The first-order valence-electron chi connectivity index (χ1n) is 7.86.